The van der Waals surface area contributed by atoms with E-state index in [2.05, 4.69) is 10.3 Å². The summed E-state index contributed by atoms with van der Waals surface area (Å²) in [6.07, 6.45) is 5.47. The van der Waals surface area contributed by atoms with Crippen LogP contribution in [-0.4, -0.2) is 42.5 Å². The van der Waals surface area contributed by atoms with E-state index in [1.54, 1.807) is 12.3 Å². The van der Waals surface area contributed by atoms with Gasteiger partial charge in [-0.1, -0.05) is 42.3 Å². The second-order valence-corrected chi connectivity index (χ2v) is 9.81. The summed E-state index contributed by atoms with van der Waals surface area (Å²) < 4.78 is 27.4. The fraction of sp³-hybridized carbons (Fsp3) is 0.368. The van der Waals surface area contributed by atoms with Gasteiger partial charge >= 0.3 is 0 Å². The summed E-state index contributed by atoms with van der Waals surface area (Å²) in [5, 5.41) is 3.74. The van der Waals surface area contributed by atoms with Gasteiger partial charge in [0.05, 0.1) is 26.4 Å². The van der Waals surface area contributed by atoms with Crippen LogP contribution in [0.15, 0.2) is 52.5 Å². The minimum absolute atomic E-state index is 0.145. The molecule has 0 bridgehead atoms. The van der Waals surface area contributed by atoms with Gasteiger partial charge < -0.3 is 5.32 Å². The monoisotopic (exact) mass is 439 g/mol. The first-order valence-electron chi connectivity index (χ1n) is 9.10. The molecule has 0 aliphatic carbocycles. The summed E-state index contributed by atoms with van der Waals surface area (Å²) in [4.78, 5) is 16.6. The predicted molar refractivity (Wildman–Crippen MR) is 112 cm³/mol. The molecule has 0 saturated carbocycles. The van der Waals surface area contributed by atoms with E-state index < -0.39 is 10.0 Å². The maximum Gasteiger partial charge on any atom is 0.243 e. The summed E-state index contributed by atoms with van der Waals surface area (Å²) >= 11 is 7.47. The lowest BCUT2D eigenvalue weighted by Crippen LogP contribution is -2.32. The number of pyridine rings is 1. The average Bonchev–Trinajstić information content (AvgIpc) is 2.99. The molecule has 1 N–H and O–H groups in total. The fourth-order valence-electron chi connectivity index (χ4n) is 2.95. The van der Waals surface area contributed by atoms with Crippen LogP contribution < -0.4 is 5.32 Å². The van der Waals surface area contributed by atoms with Crippen LogP contribution in [0, 0.1) is 0 Å². The van der Waals surface area contributed by atoms with Crippen molar-refractivity contribution in [3.8, 4) is 0 Å². The number of benzene rings is 1. The van der Waals surface area contributed by atoms with Crippen LogP contribution >= 0.6 is 23.4 Å². The normalized spacial score (nSPS) is 15.8. The summed E-state index contributed by atoms with van der Waals surface area (Å²) in [5.41, 5.74) is 0.296. The molecular formula is C19H22ClN3O3S2. The van der Waals surface area contributed by atoms with Crippen molar-refractivity contribution in [2.75, 3.05) is 24.2 Å². The average molecular weight is 440 g/mol. The summed E-state index contributed by atoms with van der Waals surface area (Å²) in [5.74, 6) is -0.127. The largest absolute Gasteiger partial charge is 0.324 e. The van der Waals surface area contributed by atoms with Crippen molar-refractivity contribution >= 4 is 45.0 Å². The number of hydrogen-bond acceptors (Lipinski definition) is 5. The van der Waals surface area contributed by atoms with Crippen LogP contribution in [0.5, 0.6) is 0 Å². The lowest BCUT2D eigenvalue weighted by molar-refractivity contribution is -0.113. The summed E-state index contributed by atoms with van der Waals surface area (Å²) in [6, 6.07) is 9.90. The molecule has 2 heterocycles. The van der Waals surface area contributed by atoms with Crippen LogP contribution in [0.4, 0.5) is 5.69 Å². The third-order valence-electron chi connectivity index (χ3n) is 4.40. The molecule has 1 amide bonds. The SMILES string of the molecule is O=C(CSc1ccccn1)Nc1cc(S(=O)(=O)N2CCCCCC2)ccc1Cl. The van der Waals surface area contributed by atoms with Crippen LogP contribution in [0.1, 0.15) is 25.7 Å². The van der Waals surface area contributed by atoms with Gasteiger partial charge in [0.2, 0.25) is 15.9 Å². The van der Waals surface area contributed by atoms with Crippen molar-refractivity contribution in [1.29, 1.82) is 0 Å². The molecule has 150 valence electrons. The van der Waals surface area contributed by atoms with E-state index in [0.29, 0.717) is 23.8 Å². The number of amides is 1. The lowest BCUT2D eigenvalue weighted by Gasteiger charge is -2.20. The first-order valence-corrected chi connectivity index (χ1v) is 11.9. The Hall–Kier alpha value is -1.61. The van der Waals surface area contributed by atoms with E-state index in [1.807, 2.05) is 12.1 Å². The van der Waals surface area contributed by atoms with Gasteiger partial charge in [0.1, 0.15) is 0 Å². The van der Waals surface area contributed by atoms with Gasteiger partial charge in [0.25, 0.3) is 0 Å². The number of halogens is 1. The Balaban J connectivity index is 1.71. The summed E-state index contributed by atoms with van der Waals surface area (Å²) in [7, 11) is -3.61. The maximum absolute atomic E-state index is 13.0. The molecule has 0 atom stereocenters. The highest BCUT2D eigenvalue weighted by Gasteiger charge is 2.26. The van der Waals surface area contributed by atoms with Crippen molar-refractivity contribution in [3.05, 3.63) is 47.6 Å². The molecule has 6 nitrogen and oxygen atoms in total. The number of hydrogen-bond donors (Lipinski definition) is 1. The minimum Gasteiger partial charge on any atom is -0.324 e. The lowest BCUT2D eigenvalue weighted by atomic mass is 10.2. The quantitative estimate of drug-likeness (QED) is 0.687. The standard InChI is InChI=1S/C19H22ClN3O3S2/c20-16-9-8-15(28(25,26)23-11-5-1-2-6-12-23)13-17(16)22-18(24)14-27-19-7-3-4-10-21-19/h3-4,7-10,13H,1-2,5-6,11-12,14H2,(H,22,24). The van der Waals surface area contributed by atoms with Crippen LogP contribution in [0.2, 0.25) is 5.02 Å². The number of anilines is 1. The van der Waals surface area contributed by atoms with Gasteiger partial charge in [-0.05, 0) is 43.2 Å². The van der Waals surface area contributed by atoms with Gasteiger partial charge in [0.15, 0.2) is 0 Å². The number of rotatable bonds is 6. The van der Waals surface area contributed by atoms with Gasteiger partial charge in [-0.25, -0.2) is 13.4 Å². The fourth-order valence-corrected chi connectivity index (χ4v) is 5.32. The summed E-state index contributed by atoms with van der Waals surface area (Å²) in [6.45, 7) is 1.04. The Morgan fingerprint density at radius 3 is 2.57 bits per heavy atom. The smallest absolute Gasteiger partial charge is 0.243 e. The van der Waals surface area contributed by atoms with E-state index in [9.17, 15) is 13.2 Å². The minimum atomic E-state index is -3.61. The van der Waals surface area contributed by atoms with E-state index in [1.165, 1.54) is 34.3 Å². The number of carbonyl (C=O) groups excluding carboxylic acids is 1. The molecule has 1 aromatic heterocycles. The van der Waals surface area contributed by atoms with Gasteiger partial charge in [-0.3, -0.25) is 4.79 Å². The first kappa shape index (κ1) is 21.1. The molecule has 3 rings (SSSR count). The number of carbonyl (C=O) groups is 1. The van der Waals surface area contributed by atoms with E-state index in [-0.39, 0.29) is 16.6 Å². The van der Waals surface area contributed by atoms with E-state index in [4.69, 9.17) is 11.6 Å². The predicted octanol–water partition coefficient (Wildman–Crippen LogP) is 4.03. The number of sulfonamides is 1. The molecule has 1 fully saturated rings. The van der Waals surface area contributed by atoms with E-state index in [0.717, 1.165) is 30.7 Å². The topological polar surface area (TPSA) is 79.4 Å². The molecule has 1 saturated heterocycles. The zero-order valence-corrected chi connectivity index (χ0v) is 17.7. The van der Waals surface area contributed by atoms with Gasteiger partial charge in [0, 0.05) is 19.3 Å². The Morgan fingerprint density at radius 2 is 1.89 bits per heavy atom. The molecule has 2 aromatic rings. The van der Waals surface area contributed by atoms with Gasteiger partial charge in [-0.15, -0.1) is 0 Å². The van der Waals surface area contributed by atoms with Crippen molar-refractivity contribution < 1.29 is 13.2 Å². The number of nitrogens with one attached hydrogen (secondary N) is 1. The molecule has 9 heteroatoms. The van der Waals surface area contributed by atoms with Gasteiger partial charge in [-0.2, -0.15) is 4.31 Å². The third kappa shape index (κ3) is 5.47. The number of thioether (sulfide) groups is 1. The zero-order valence-electron chi connectivity index (χ0n) is 15.3. The highest BCUT2D eigenvalue weighted by Crippen LogP contribution is 2.28. The Bertz CT molecular complexity index is 915. The highest BCUT2D eigenvalue weighted by atomic mass is 35.5. The molecule has 0 radical (unpaired) electrons. The van der Waals surface area contributed by atoms with Crippen molar-refractivity contribution in [2.45, 2.75) is 35.6 Å². The van der Waals surface area contributed by atoms with Crippen molar-refractivity contribution in [2.24, 2.45) is 0 Å². The first-order chi connectivity index (χ1) is 13.5. The molecule has 28 heavy (non-hydrogen) atoms. The number of nitrogens with zero attached hydrogens (tertiary/aromatic N) is 2. The molecule has 1 aromatic carbocycles. The van der Waals surface area contributed by atoms with Crippen LogP contribution in [0.25, 0.3) is 0 Å². The Kier molecular flexibility index (Phi) is 7.34. The second kappa shape index (κ2) is 9.73. The van der Waals surface area contributed by atoms with Crippen LogP contribution in [0.3, 0.4) is 0 Å². The maximum atomic E-state index is 13.0. The van der Waals surface area contributed by atoms with Crippen molar-refractivity contribution in [1.82, 2.24) is 9.29 Å². The molecular weight excluding hydrogens is 418 g/mol. The van der Waals surface area contributed by atoms with Crippen molar-refractivity contribution in [3.63, 3.8) is 0 Å². The third-order valence-corrected chi connectivity index (χ3v) is 7.57. The highest BCUT2D eigenvalue weighted by molar-refractivity contribution is 7.99. The molecule has 1 aliphatic heterocycles. The number of aromatic nitrogens is 1. The molecule has 1 aliphatic rings. The molecule has 0 spiro atoms. The second-order valence-electron chi connectivity index (χ2n) is 6.46. The van der Waals surface area contributed by atoms with Crippen LogP contribution in [-0.2, 0) is 14.8 Å². The Morgan fingerprint density at radius 1 is 1.14 bits per heavy atom. The molecule has 0 unspecified atom stereocenters. The zero-order chi connectivity index (χ0) is 20.0. The van der Waals surface area contributed by atoms with E-state index >= 15 is 0 Å². The Labute approximate surface area is 174 Å².